The minimum Gasteiger partial charge on any atom is -0.326 e. The number of nitrogens with two attached hydrogens (primary N) is 1. The minimum absolute atomic E-state index is 0.170. The van der Waals surface area contributed by atoms with Gasteiger partial charge in [-0.3, -0.25) is 4.90 Å². The van der Waals surface area contributed by atoms with Crippen LogP contribution in [0, 0.1) is 5.92 Å². The Balaban J connectivity index is 2.21. The third-order valence-corrected chi connectivity index (χ3v) is 6.19. The maximum Gasteiger partial charge on any atom is 0.0702 e. The average molecular weight is 373 g/mol. The molecule has 1 aliphatic carbocycles. The van der Waals surface area contributed by atoms with E-state index in [1.54, 1.807) is 0 Å². The Morgan fingerprint density at radius 1 is 1.29 bits per heavy atom. The zero-order valence-corrected chi connectivity index (χ0v) is 15.9. The van der Waals surface area contributed by atoms with Gasteiger partial charge < -0.3 is 5.73 Å². The van der Waals surface area contributed by atoms with Gasteiger partial charge in [0.1, 0.15) is 0 Å². The molecule has 0 bridgehead atoms. The lowest BCUT2D eigenvalue weighted by atomic mass is 10.0. The third-order valence-electron chi connectivity index (χ3n) is 4.50. The lowest BCUT2D eigenvalue weighted by Crippen LogP contribution is -2.44. The molecule has 1 heterocycles. The summed E-state index contributed by atoms with van der Waals surface area (Å²) in [5.74, 6) is 0.748. The van der Waals surface area contributed by atoms with Crippen LogP contribution in [0.5, 0.6) is 0 Å². The fourth-order valence-electron chi connectivity index (χ4n) is 3.40. The second-order valence-corrected chi connectivity index (χ2v) is 9.30. The van der Waals surface area contributed by atoms with Crippen LogP contribution in [0.4, 0.5) is 0 Å². The summed E-state index contributed by atoms with van der Waals surface area (Å²) in [6.45, 7) is 7.96. The Morgan fingerprint density at radius 2 is 1.95 bits per heavy atom. The van der Waals surface area contributed by atoms with Gasteiger partial charge in [-0.15, -0.1) is 11.3 Å². The Kier molecular flexibility index (Phi) is 6.73. The molecule has 4 heteroatoms. The van der Waals surface area contributed by atoms with E-state index in [2.05, 4.69) is 53.7 Å². The molecule has 0 saturated heterocycles. The number of thiophene rings is 1. The van der Waals surface area contributed by atoms with Crippen LogP contribution >= 0.6 is 27.3 Å². The predicted octanol–water partition coefficient (Wildman–Crippen LogP) is 5.19. The second-order valence-electron chi connectivity index (χ2n) is 6.80. The van der Waals surface area contributed by atoms with Gasteiger partial charge in [-0.1, -0.05) is 26.7 Å². The van der Waals surface area contributed by atoms with Crippen LogP contribution in [-0.4, -0.2) is 23.5 Å². The maximum atomic E-state index is 6.40. The normalized spacial score (nSPS) is 19.6. The maximum absolute atomic E-state index is 6.40. The molecule has 1 fully saturated rings. The lowest BCUT2D eigenvalue weighted by molar-refractivity contribution is 0.114. The fourth-order valence-corrected chi connectivity index (χ4v) is 5.06. The van der Waals surface area contributed by atoms with Crippen molar-refractivity contribution in [3.63, 3.8) is 0 Å². The van der Waals surface area contributed by atoms with Gasteiger partial charge in [0.2, 0.25) is 0 Å². The quantitative estimate of drug-likeness (QED) is 0.713. The summed E-state index contributed by atoms with van der Waals surface area (Å²) in [5.41, 5.74) is 6.40. The van der Waals surface area contributed by atoms with Crippen molar-refractivity contribution in [3.05, 3.63) is 20.8 Å². The zero-order valence-electron chi connectivity index (χ0n) is 13.5. The molecule has 0 spiro atoms. The number of hydrogen-bond donors (Lipinski definition) is 1. The van der Waals surface area contributed by atoms with Crippen LogP contribution in [0.3, 0.4) is 0 Å². The van der Waals surface area contributed by atoms with E-state index in [1.165, 1.54) is 47.3 Å². The number of hydrogen-bond acceptors (Lipinski definition) is 3. The summed E-state index contributed by atoms with van der Waals surface area (Å²) in [5, 5.41) is 0. The molecule has 0 aliphatic heterocycles. The molecule has 0 aromatic carbocycles. The van der Waals surface area contributed by atoms with Gasteiger partial charge >= 0.3 is 0 Å². The third kappa shape index (κ3) is 4.78. The molecule has 2 N–H and O–H groups in total. The van der Waals surface area contributed by atoms with Crippen LogP contribution in [0.2, 0.25) is 0 Å². The first-order valence-corrected chi connectivity index (χ1v) is 9.86. The van der Waals surface area contributed by atoms with Gasteiger partial charge in [-0.25, -0.2) is 0 Å². The lowest BCUT2D eigenvalue weighted by Gasteiger charge is -2.38. The molecule has 120 valence electrons. The van der Waals surface area contributed by atoms with Crippen molar-refractivity contribution < 1.29 is 0 Å². The fraction of sp³-hybridized carbons (Fsp3) is 0.765. The van der Waals surface area contributed by atoms with Crippen molar-refractivity contribution >= 4 is 27.3 Å². The van der Waals surface area contributed by atoms with Gasteiger partial charge in [-0.2, -0.15) is 0 Å². The number of rotatable bonds is 7. The van der Waals surface area contributed by atoms with Gasteiger partial charge in [0.25, 0.3) is 0 Å². The first-order chi connectivity index (χ1) is 9.99. The van der Waals surface area contributed by atoms with Crippen molar-refractivity contribution in [2.45, 2.75) is 71.0 Å². The molecule has 1 aliphatic rings. The second kappa shape index (κ2) is 8.09. The zero-order chi connectivity index (χ0) is 15.4. The number of halogens is 1. The van der Waals surface area contributed by atoms with Gasteiger partial charge in [0.05, 0.1) is 9.83 Å². The van der Waals surface area contributed by atoms with Gasteiger partial charge in [0, 0.05) is 17.0 Å². The summed E-state index contributed by atoms with van der Waals surface area (Å²) < 4.78 is 1.21. The van der Waals surface area contributed by atoms with E-state index >= 15 is 0 Å². The highest BCUT2D eigenvalue weighted by molar-refractivity contribution is 9.11. The molecule has 2 atom stereocenters. The summed E-state index contributed by atoms with van der Waals surface area (Å²) in [7, 11) is 0. The van der Waals surface area contributed by atoms with E-state index in [0.717, 1.165) is 12.0 Å². The standard InChI is InChI=1S/C17H29BrN2S/c1-12(2)10-11-20(14-6-4-5-7-14)17(13(3)19)15-8-9-16(18)21-15/h8-9,12-14,17H,4-7,10-11,19H2,1-3H3. The van der Waals surface area contributed by atoms with Crippen molar-refractivity contribution in [1.29, 1.82) is 0 Å². The highest BCUT2D eigenvalue weighted by Crippen LogP contribution is 2.37. The molecule has 2 unspecified atom stereocenters. The SMILES string of the molecule is CC(C)CCN(C1CCCC1)C(c1ccc(Br)s1)C(C)N. The highest BCUT2D eigenvalue weighted by atomic mass is 79.9. The van der Waals surface area contributed by atoms with Crippen LogP contribution < -0.4 is 5.73 Å². The van der Waals surface area contributed by atoms with Crippen molar-refractivity contribution in [2.75, 3.05) is 6.54 Å². The molecular weight excluding hydrogens is 344 g/mol. The highest BCUT2D eigenvalue weighted by Gasteiger charge is 2.32. The van der Waals surface area contributed by atoms with Crippen LogP contribution in [0.15, 0.2) is 15.9 Å². The van der Waals surface area contributed by atoms with E-state index < -0.39 is 0 Å². The first kappa shape index (κ1) is 17.5. The summed E-state index contributed by atoms with van der Waals surface area (Å²) in [4.78, 5) is 4.13. The van der Waals surface area contributed by atoms with Crippen molar-refractivity contribution in [1.82, 2.24) is 4.90 Å². The van der Waals surface area contributed by atoms with E-state index in [1.807, 2.05) is 11.3 Å². The van der Waals surface area contributed by atoms with E-state index in [4.69, 9.17) is 5.73 Å². The van der Waals surface area contributed by atoms with E-state index in [9.17, 15) is 0 Å². The van der Waals surface area contributed by atoms with E-state index in [0.29, 0.717) is 6.04 Å². The molecule has 0 radical (unpaired) electrons. The Bertz CT molecular complexity index is 424. The molecule has 1 aromatic heterocycles. The minimum atomic E-state index is 0.170. The molecule has 0 amide bonds. The molecular formula is C17H29BrN2S. The topological polar surface area (TPSA) is 29.3 Å². The predicted molar refractivity (Wildman–Crippen MR) is 96.8 cm³/mol. The molecule has 1 aromatic rings. The number of nitrogens with zero attached hydrogens (tertiary/aromatic N) is 1. The summed E-state index contributed by atoms with van der Waals surface area (Å²) >= 11 is 5.44. The Hall–Kier alpha value is 0.1000. The Morgan fingerprint density at radius 3 is 2.43 bits per heavy atom. The van der Waals surface area contributed by atoms with Gasteiger partial charge in [-0.05, 0) is 66.7 Å². The average Bonchev–Trinajstić information content (AvgIpc) is 3.04. The van der Waals surface area contributed by atoms with Crippen LogP contribution in [0.1, 0.15) is 63.8 Å². The van der Waals surface area contributed by atoms with E-state index in [-0.39, 0.29) is 6.04 Å². The smallest absolute Gasteiger partial charge is 0.0702 e. The summed E-state index contributed by atoms with van der Waals surface area (Å²) in [6, 6.07) is 5.66. The van der Waals surface area contributed by atoms with Crippen LogP contribution in [-0.2, 0) is 0 Å². The summed E-state index contributed by atoms with van der Waals surface area (Å²) in [6.07, 6.45) is 6.69. The molecule has 2 nitrogen and oxygen atoms in total. The molecule has 1 saturated carbocycles. The largest absolute Gasteiger partial charge is 0.326 e. The van der Waals surface area contributed by atoms with Gasteiger partial charge in [0.15, 0.2) is 0 Å². The monoisotopic (exact) mass is 372 g/mol. The van der Waals surface area contributed by atoms with Crippen LogP contribution in [0.25, 0.3) is 0 Å². The molecule has 2 rings (SSSR count). The first-order valence-electron chi connectivity index (χ1n) is 8.25. The Labute approximate surface area is 142 Å². The van der Waals surface area contributed by atoms with Crippen molar-refractivity contribution in [3.8, 4) is 0 Å². The van der Waals surface area contributed by atoms with Crippen molar-refractivity contribution in [2.24, 2.45) is 11.7 Å². The molecule has 21 heavy (non-hydrogen) atoms.